The molecule has 0 spiro atoms. The van der Waals surface area contributed by atoms with Crippen LogP contribution >= 0.6 is 0 Å². The molecule has 1 fully saturated rings. The highest BCUT2D eigenvalue weighted by Gasteiger charge is 2.28. The average Bonchev–Trinajstić information content (AvgIpc) is 3.38. The van der Waals surface area contributed by atoms with Crippen LogP contribution in [0.3, 0.4) is 0 Å². The standard InChI is InChI=1S/C25H24FN3O4/c26-21-6-4-18(5-7-21)24(31)28-22-3-1-2-17(14-22)15-27-23(30)19-8-11-29(12-9-19)25(32)20-10-13-33-16-20/h1-7,10,13-14,16,19H,8-9,11-12,15H2,(H,27,30)(H,28,31). The Morgan fingerprint density at radius 2 is 1.76 bits per heavy atom. The number of carbonyl (C=O) groups is 3. The molecule has 1 aliphatic rings. The van der Waals surface area contributed by atoms with Gasteiger partial charge in [0.2, 0.25) is 5.91 Å². The second-order valence-corrected chi connectivity index (χ2v) is 7.96. The summed E-state index contributed by atoms with van der Waals surface area (Å²) in [5.41, 5.74) is 2.30. The Balaban J connectivity index is 1.26. The largest absolute Gasteiger partial charge is 0.472 e. The van der Waals surface area contributed by atoms with E-state index >= 15 is 0 Å². The van der Waals surface area contributed by atoms with Crippen LogP contribution < -0.4 is 10.6 Å². The zero-order chi connectivity index (χ0) is 23.2. The second kappa shape index (κ2) is 10.1. The summed E-state index contributed by atoms with van der Waals surface area (Å²) in [6, 6.07) is 14.1. The Bertz CT molecular complexity index is 1120. The van der Waals surface area contributed by atoms with Gasteiger partial charge in [0.15, 0.2) is 0 Å². The minimum Gasteiger partial charge on any atom is -0.472 e. The number of likely N-dealkylation sites (tertiary alicyclic amines) is 1. The van der Waals surface area contributed by atoms with E-state index in [2.05, 4.69) is 10.6 Å². The predicted molar refractivity (Wildman–Crippen MR) is 120 cm³/mol. The molecule has 0 aliphatic carbocycles. The fourth-order valence-electron chi connectivity index (χ4n) is 3.81. The molecule has 1 saturated heterocycles. The maximum Gasteiger partial charge on any atom is 0.257 e. The lowest BCUT2D eigenvalue weighted by Crippen LogP contribution is -2.42. The van der Waals surface area contributed by atoms with Gasteiger partial charge < -0.3 is 20.0 Å². The van der Waals surface area contributed by atoms with E-state index in [-0.39, 0.29) is 23.6 Å². The van der Waals surface area contributed by atoms with E-state index in [1.54, 1.807) is 29.2 Å². The van der Waals surface area contributed by atoms with Gasteiger partial charge in [-0.3, -0.25) is 14.4 Å². The zero-order valence-corrected chi connectivity index (χ0v) is 17.9. The Labute approximate surface area is 190 Å². The van der Waals surface area contributed by atoms with Crippen LogP contribution in [0.4, 0.5) is 10.1 Å². The molecule has 4 rings (SSSR count). The van der Waals surface area contributed by atoms with Crippen molar-refractivity contribution in [1.82, 2.24) is 10.2 Å². The van der Waals surface area contributed by atoms with Crippen LogP contribution in [0.1, 0.15) is 39.1 Å². The van der Waals surface area contributed by atoms with E-state index in [0.717, 1.165) is 5.56 Å². The number of nitrogens with one attached hydrogen (secondary N) is 2. The van der Waals surface area contributed by atoms with Gasteiger partial charge in [-0.2, -0.15) is 0 Å². The molecular weight excluding hydrogens is 425 g/mol. The lowest BCUT2D eigenvalue weighted by atomic mass is 9.95. The van der Waals surface area contributed by atoms with Gasteiger partial charge in [0.1, 0.15) is 12.1 Å². The summed E-state index contributed by atoms with van der Waals surface area (Å²) >= 11 is 0. The molecule has 2 N–H and O–H groups in total. The first kappa shape index (κ1) is 22.3. The molecule has 0 unspecified atom stereocenters. The molecule has 170 valence electrons. The maximum absolute atomic E-state index is 13.0. The summed E-state index contributed by atoms with van der Waals surface area (Å²) in [6.07, 6.45) is 4.10. The van der Waals surface area contributed by atoms with Gasteiger partial charge in [-0.05, 0) is 60.9 Å². The zero-order valence-electron chi connectivity index (χ0n) is 17.9. The van der Waals surface area contributed by atoms with Crippen LogP contribution in [0, 0.1) is 11.7 Å². The lowest BCUT2D eigenvalue weighted by molar-refractivity contribution is -0.126. The summed E-state index contributed by atoms with van der Waals surface area (Å²) in [5, 5.41) is 5.72. The summed E-state index contributed by atoms with van der Waals surface area (Å²) in [5.74, 6) is -1.03. The van der Waals surface area contributed by atoms with Crippen molar-refractivity contribution in [1.29, 1.82) is 0 Å². The lowest BCUT2D eigenvalue weighted by Gasteiger charge is -2.31. The Morgan fingerprint density at radius 1 is 1.00 bits per heavy atom. The monoisotopic (exact) mass is 449 g/mol. The third-order valence-electron chi connectivity index (χ3n) is 5.68. The number of rotatable bonds is 6. The topological polar surface area (TPSA) is 91.7 Å². The molecule has 33 heavy (non-hydrogen) atoms. The number of furan rings is 1. The van der Waals surface area contributed by atoms with Gasteiger partial charge in [-0.15, -0.1) is 0 Å². The molecule has 0 saturated carbocycles. The van der Waals surface area contributed by atoms with Crippen molar-refractivity contribution in [3.05, 3.63) is 89.6 Å². The van der Waals surface area contributed by atoms with E-state index in [1.807, 2.05) is 6.07 Å². The Hall–Kier alpha value is -3.94. The van der Waals surface area contributed by atoms with Crippen molar-refractivity contribution < 1.29 is 23.2 Å². The second-order valence-electron chi connectivity index (χ2n) is 7.96. The van der Waals surface area contributed by atoms with Gasteiger partial charge in [0.25, 0.3) is 11.8 Å². The van der Waals surface area contributed by atoms with Crippen LogP contribution in [0.2, 0.25) is 0 Å². The highest BCUT2D eigenvalue weighted by molar-refractivity contribution is 6.04. The van der Waals surface area contributed by atoms with Crippen molar-refractivity contribution >= 4 is 23.4 Å². The average molecular weight is 449 g/mol. The van der Waals surface area contributed by atoms with E-state index < -0.39 is 5.82 Å². The van der Waals surface area contributed by atoms with Crippen LogP contribution in [-0.4, -0.2) is 35.7 Å². The first-order valence-electron chi connectivity index (χ1n) is 10.7. The van der Waals surface area contributed by atoms with Gasteiger partial charge in [-0.25, -0.2) is 4.39 Å². The van der Waals surface area contributed by atoms with E-state index in [9.17, 15) is 18.8 Å². The minimum absolute atomic E-state index is 0.0499. The number of hydrogen-bond acceptors (Lipinski definition) is 4. The van der Waals surface area contributed by atoms with Crippen molar-refractivity contribution in [3.63, 3.8) is 0 Å². The Morgan fingerprint density at radius 3 is 2.45 bits per heavy atom. The number of benzene rings is 2. The molecule has 0 atom stereocenters. The van der Waals surface area contributed by atoms with Gasteiger partial charge in [0, 0.05) is 36.8 Å². The predicted octanol–water partition coefficient (Wildman–Crippen LogP) is 3.84. The van der Waals surface area contributed by atoms with Crippen LogP contribution in [0.5, 0.6) is 0 Å². The van der Waals surface area contributed by atoms with Gasteiger partial charge in [0.05, 0.1) is 11.8 Å². The smallest absolute Gasteiger partial charge is 0.257 e. The first-order chi connectivity index (χ1) is 16.0. The van der Waals surface area contributed by atoms with Crippen molar-refractivity contribution in [3.8, 4) is 0 Å². The molecule has 3 aromatic rings. The highest BCUT2D eigenvalue weighted by atomic mass is 19.1. The molecule has 3 amide bonds. The molecular formula is C25H24FN3O4. The molecule has 2 heterocycles. The maximum atomic E-state index is 13.0. The fraction of sp³-hybridized carbons (Fsp3) is 0.240. The number of amides is 3. The molecule has 0 radical (unpaired) electrons. The normalized spacial score (nSPS) is 14.0. The summed E-state index contributed by atoms with van der Waals surface area (Å²) in [4.78, 5) is 39.1. The minimum atomic E-state index is -0.403. The van der Waals surface area contributed by atoms with E-state index in [1.165, 1.54) is 36.8 Å². The van der Waals surface area contributed by atoms with E-state index in [4.69, 9.17) is 4.42 Å². The number of carbonyl (C=O) groups excluding carboxylic acids is 3. The molecule has 8 heteroatoms. The van der Waals surface area contributed by atoms with Crippen LogP contribution in [-0.2, 0) is 11.3 Å². The fourth-order valence-corrected chi connectivity index (χ4v) is 3.81. The first-order valence-corrected chi connectivity index (χ1v) is 10.7. The molecule has 1 aromatic heterocycles. The molecule has 1 aliphatic heterocycles. The molecule has 2 aromatic carbocycles. The van der Waals surface area contributed by atoms with Gasteiger partial charge in [-0.1, -0.05) is 12.1 Å². The SMILES string of the molecule is O=C(Nc1cccc(CNC(=O)C2CCN(C(=O)c3ccoc3)CC2)c1)c1ccc(F)cc1. The van der Waals surface area contributed by atoms with Gasteiger partial charge >= 0.3 is 0 Å². The van der Waals surface area contributed by atoms with Crippen LogP contribution in [0.15, 0.2) is 71.5 Å². The summed E-state index contributed by atoms with van der Waals surface area (Å²) < 4.78 is 18.0. The summed E-state index contributed by atoms with van der Waals surface area (Å²) in [7, 11) is 0. The third-order valence-corrected chi connectivity index (χ3v) is 5.68. The molecule has 7 nitrogen and oxygen atoms in total. The van der Waals surface area contributed by atoms with Crippen molar-refractivity contribution in [2.45, 2.75) is 19.4 Å². The van der Waals surface area contributed by atoms with E-state index in [0.29, 0.717) is 49.3 Å². The number of hydrogen-bond donors (Lipinski definition) is 2. The van der Waals surface area contributed by atoms with Crippen molar-refractivity contribution in [2.75, 3.05) is 18.4 Å². The summed E-state index contributed by atoms with van der Waals surface area (Å²) in [6.45, 7) is 1.37. The number of halogens is 1. The number of anilines is 1. The third kappa shape index (κ3) is 5.65. The quantitative estimate of drug-likeness (QED) is 0.598. The van der Waals surface area contributed by atoms with Crippen LogP contribution in [0.25, 0.3) is 0 Å². The van der Waals surface area contributed by atoms with Crippen molar-refractivity contribution in [2.24, 2.45) is 5.92 Å². The highest BCUT2D eigenvalue weighted by Crippen LogP contribution is 2.20. The number of nitrogens with zero attached hydrogens (tertiary/aromatic N) is 1. The Kier molecular flexibility index (Phi) is 6.83. The number of piperidine rings is 1. The molecule has 0 bridgehead atoms.